The van der Waals surface area contributed by atoms with Gasteiger partial charge in [0.1, 0.15) is 22.5 Å². The van der Waals surface area contributed by atoms with Crippen LogP contribution in [0, 0.1) is 5.82 Å². The van der Waals surface area contributed by atoms with Crippen LogP contribution < -0.4 is 15.0 Å². The molecule has 0 unspecified atom stereocenters. The van der Waals surface area contributed by atoms with Crippen LogP contribution in [0.25, 0.3) is 11.1 Å². The molecule has 0 radical (unpaired) electrons. The van der Waals surface area contributed by atoms with Crippen molar-refractivity contribution in [2.75, 3.05) is 4.72 Å². The van der Waals surface area contributed by atoms with Crippen LogP contribution in [0.3, 0.4) is 0 Å². The molecule has 186 valence electrons. The van der Waals surface area contributed by atoms with Gasteiger partial charge in [-0.05, 0) is 61.4 Å². The maximum Gasteiger partial charge on any atom is 0.276 e. The molecule has 0 aliphatic carbocycles. The molecule has 0 atom stereocenters. The Morgan fingerprint density at radius 2 is 1.53 bits per heavy atom. The number of ether oxygens (including phenoxy) is 1. The first-order valence-electron chi connectivity index (χ1n) is 11.1. The summed E-state index contributed by atoms with van der Waals surface area (Å²) in [6.45, 7) is 1.00. The Bertz CT molecular complexity index is 1600. The summed E-state index contributed by atoms with van der Waals surface area (Å²) in [5.41, 5.74) is -0.685. The van der Waals surface area contributed by atoms with Gasteiger partial charge in [-0.3, -0.25) is 14.2 Å². The van der Waals surface area contributed by atoms with Crippen molar-refractivity contribution in [3.05, 3.63) is 93.1 Å². The zero-order valence-electron chi connectivity index (χ0n) is 18.7. The summed E-state index contributed by atoms with van der Waals surface area (Å²) in [6.07, 6.45) is 1.65. The molecule has 0 spiro atoms. The quantitative estimate of drug-likeness (QED) is 0.314. The highest BCUT2D eigenvalue weighted by atomic mass is 35.5. The van der Waals surface area contributed by atoms with Crippen molar-refractivity contribution in [3.63, 3.8) is 0 Å². The van der Waals surface area contributed by atoms with Crippen molar-refractivity contribution in [2.24, 2.45) is 0 Å². The number of hydrogen-bond acceptors (Lipinski definition) is 4. The molecule has 1 aliphatic rings. The number of rotatable bonds is 6. The molecule has 0 fully saturated rings. The van der Waals surface area contributed by atoms with Crippen LogP contribution >= 0.6 is 23.2 Å². The van der Waals surface area contributed by atoms with E-state index in [0.29, 0.717) is 24.6 Å². The summed E-state index contributed by atoms with van der Waals surface area (Å²) in [7, 11) is -4.09. The second-order valence-corrected chi connectivity index (χ2v) is 10.7. The van der Waals surface area contributed by atoms with Gasteiger partial charge in [0.2, 0.25) is 0 Å². The van der Waals surface area contributed by atoms with Crippen LogP contribution in [0.4, 0.5) is 10.1 Å². The Balaban J connectivity index is 1.45. The molecule has 1 N–H and O–H groups in total. The van der Waals surface area contributed by atoms with Gasteiger partial charge >= 0.3 is 0 Å². The van der Waals surface area contributed by atoms with Gasteiger partial charge in [0.25, 0.3) is 15.6 Å². The zero-order valence-corrected chi connectivity index (χ0v) is 21.1. The maximum atomic E-state index is 14.9. The summed E-state index contributed by atoms with van der Waals surface area (Å²) < 4.78 is 52.2. The number of sulfonamides is 1. The van der Waals surface area contributed by atoms with Crippen LogP contribution in [0.1, 0.15) is 12.8 Å². The largest absolute Gasteiger partial charge is 0.457 e. The van der Waals surface area contributed by atoms with E-state index in [0.717, 1.165) is 18.9 Å². The van der Waals surface area contributed by atoms with E-state index >= 15 is 0 Å². The Morgan fingerprint density at radius 1 is 0.889 bits per heavy atom. The first kappa shape index (κ1) is 24.4. The van der Waals surface area contributed by atoms with Gasteiger partial charge in [0.15, 0.2) is 0 Å². The number of nitrogens with one attached hydrogen (secondary N) is 1. The molecule has 1 aliphatic heterocycles. The fourth-order valence-electron chi connectivity index (χ4n) is 4.09. The summed E-state index contributed by atoms with van der Waals surface area (Å²) >= 11 is 12.6. The molecule has 5 rings (SSSR count). The van der Waals surface area contributed by atoms with Crippen LogP contribution in [0.15, 0.2) is 76.4 Å². The Labute approximate surface area is 216 Å². The van der Waals surface area contributed by atoms with E-state index in [1.807, 2.05) is 18.2 Å². The molecular weight excluding hydrogens is 528 g/mol. The minimum atomic E-state index is -4.09. The molecule has 36 heavy (non-hydrogen) atoms. The van der Waals surface area contributed by atoms with E-state index in [-0.39, 0.29) is 31.9 Å². The number of para-hydroxylation sites is 1. The number of fused-ring (bicyclic) bond motifs is 1. The Hall–Kier alpha value is -3.27. The van der Waals surface area contributed by atoms with E-state index in [1.165, 1.54) is 35.0 Å². The molecule has 3 aromatic carbocycles. The maximum absolute atomic E-state index is 14.9. The lowest BCUT2D eigenvalue weighted by molar-refractivity contribution is 0.356. The van der Waals surface area contributed by atoms with Crippen LogP contribution in [0.2, 0.25) is 10.2 Å². The van der Waals surface area contributed by atoms with Gasteiger partial charge in [0, 0.05) is 18.7 Å². The lowest BCUT2D eigenvalue weighted by atomic mass is 10.1. The standard InChI is InChI=1S/C25H20Cl2FN3O4S/c26-20-15-21(28)19(23-24(27)30-12-4-5-13-31(30)25(23)32)14-22(20)29-36(33,34)18-10-8-17(9-11-18)35-16-6-2-1-3-7-16/h1-3,6-11,14-15,29H,4-5,12-13H2. The van der Waals surface area contributed by atoms with E-state index in [9.17, 15) is 17.6 Å². The molecule has 0 amide bonds. The van der Waals surface area contributed by atoms with Gasteiger partial charge in [-0.15, -0.1) is 0 Å². The lowest BCUT2D eigenvalue weighted by Crippen LogP contribution is -2.27. The second-order valence-electron chi connectivity index (χ2n) is 8.23. The third-order valence-corrected chi connectivity index (χ3v) is 7.92. The molecule has 1 aromatic heterocycles. The molecule has 0 saturated heterocycles. The summed E-state index contributed by atoms with van der Waals surface area (Å²) in [5, 5.41) is -0.0622. The van der Waals surface area contributed by atoms with E-state index < -0.39 is 21.4 Å². The predicted molar refractivity (Wildman–Crippen MR) is 137 cm³/mol. The fraction of sp³-hybridized carbons (Fsp3) is 0.160. The van der Waals surface area contributed by atoms with Crippen molar-refractivity contribution in [3.8, 4) is 22.6 Å². The highest BCUT2D eigenvalue weighted by Crippen LogP contribution is 2.35. The smallest absolute Gasteiger partial charge is 0.276 e. The number of anilines is 1. The van der Waals surface area contributed by atoms with Crippen molar-refractivity contribution in [2.45, 2.75) is 30.8 Å². The molecule has 4 aromatic rings. The van der Waals surface area contributed by atoms with E-state index in [2.05, 4.69) is 4.72 Å². The fourth-order valence-corrected chi connectivity index (χ4v) is 5.77. The average Bonchev–Trinajstić information content (AvgIpc) is 3.12. The first-order valence-corrected chi connectivity index (χ1v) is 13.3. The SMILES string of the molecule is O=c1c(-c2cc(NS(=O)(=O)c3ccc(Oc4ccccc4)cc3)c(Cl)cc2F)c(Cl)n2n1CCCC2. The topological polar surface area (TPSA) is 82.3 Å². The summed E-state index contributed by atoms with van der Waals surface area (Å²) in [6, 6.07) is 17.0. The Kier molecular flexibility index (Phi) is 6.55. The number of benzene rings is 3. The Morgan fingerprint density at radius 3 is 2.19 bits per heavy atom. The van der Waals surface area contributed by atoms with Gasteiger partial charge in [-0.1, -0.05) is 41.4 Å². The van der Waals surface area contributed by atoms with Gasteiger partial charge in [-0.2, -0.15) is 0 Å². The number of halogens is 3. The van der Waals surface area contributed by atoms with Crippen LogP contribution in [-0.4, -0.2) is 17.8 Å². The summed E-state index contributed by atoms with van der Waals surface area (Å²) in [5.74, 6) is 0.279. The average molecular weight is 548 g/mol. The number of aromatic nitrogens is 2. The highest BCUT2D eigenvalue weighted by molar-refractivity contribution is 7.92. The predicted octanol–water partition coefficient (Wildman–Crippen LogP) is 6.15. The van der Waals surface area contributed by atoms with Gasteiger partial charge < -0.3 is 4.74 Å². The normalized spacial score (nSPS) is 13.3. The third-order valence-electron chi connectivity index (χ3n) is 5.85. The minimum absolute atomic E-state index is 0.0319. The van der Waals surface area contributed by atoms with Crippen LogP contribution in [-0.2, 0) is 23.1 Å². The molecule has 0 saturated carbocycles. The second kappa shape index (κ2) is 9.65. The lowest BCUT2D eigenvalue weighted by Gasteiger charge is -2.17. The molecule has 11 heteroatoms. The molecule has 7 nitrogen and oxygen atoms in total. The van der Waals surface area contributed by atoms with Crippen molar-refractivity contribution >= 4 is 38.9 Å². The number of hydrogen-bond donors (Lipinski definition) is 1. The van der Waals surface area contributed by atoms with Crippen molar-refractivity contribution < 1.29 is 17.5 Å². The van der Waals surface area contributed by atoms with Gasteiger partial charge in [-0.25, -0.2) is 17.5 Å². The van der Waals surface area contributed by atoms with E-state index in [4.69, 9.17) is 27.9 Å². The monoisotopic (exact) mass is 547 g/mol. The number of nitrogens with zero attached hydrogens (tertiary/aromatic N) is 2. The molecule has 2 heterocycles. The van der Waals surface area contributed by atoms with Gasteiger partial charge in [0.05, 0.1) is 21.2 Å². The van der Waals surface area contributed by atoms with E-state index in [1.54, 1.807) is 16.8 Å². The minimum Gasteiger partial charge on any atom is -0.457 e. The molecular formula is C25H20Cl2FN3O4S. The summed E-state index contributed by atoms with van der Waals surface area (Å²) in [4.78, 5) is 12.9. The van der Waals surface area contributed by atoms with Crippen LogP contribution in [0.5, 0.6) is 11.5 Å². The molecule has 0 bridgehead atoms. The van der Waals surface area contributed by atoms with Crippen molar-refractivity contribution in [1.82, 2.24) is 9.36 Å². The zero-order chi connectivity index (χ0) is 25.4. The third kappa shape index (κ3) is 4.61. The highest BCUT2D eigenvalue weighted by Gasteiger charge is 2.26. The van der Waals surface area contributed by atoms with Crippen molar-refractivity contribution in [1.29, 1.82) is 0 Å². The first-order chi connectivity index (χ1) is 17.2.